The summed E-state index contributed by atoms with van der Waals surface area (Å²) in [7, 11) is 1.60. The highest BCUT2D eigenvalue weighted by atomic mass is 79.9. The van der Waals surface area contributed by atoms with Gasteiger partial charge in [-0.25, -0.2) is 0 Å². The van der Waals surface area contributed by atoms with E-state index in [-0.39, 0.29) is 22.3 Å². The average Bonchev–Trinajstić information content (AvgIpc) is 2.60. The maximum Gasteiger partial charge on any atom is 0.259 e. The fourth-order valence-corrected chi connectivity index (χ4v) is 3.39. The zero-order chi connectivity index (χ0) is 18.8. The molecular weight excluding hydrogens is 418 g/mol. The summed E-state index contributed by atoms with van der Waals surface area (Å²) in [5.74, 6) is 0.480. The number of rotatable bonds is 4. The molecule has 1 aromatic heterocycles. The molecule has 0 bridgehead atoms. The quantitative estimate of drug-likeness (QED) is 0.545. The van der Waals surface area contributed by atoms with E-state index in [1.165, 1.54) is 0 Å². The van der Waals surface area contributed by atoms with Gasteiger partial charge in [0.05, 0.1) is 28.5 Å². The topological polar surface area (TPSA) is 87.0 Å². The van der Waals surface area contributed by atoms with Crippen molar-refractivity contribution in [3.8, 4) is 5.75 Å². The number of halogens is 1. The van der Waals surface area contributed by atoms with Crippen LogP contribution in [0.3, 0.4) is 0 Å². The van der Waals surface area contributed by atoms with Crippen LogP contribution in [-0.2, 0) is 0 Å². The predicted octanol–water partition coefficient (Wildman–Crippen LogP) is 3.85. The van der Waals surface area contributed by atoms with Crippen LogP contribution in [0.4, 0.5) is 0 Å². The van der Waals surface area contributed by atoms with Crippen molar-refractivity contribution >= 4 is 45.0 Å². The molecular formula is C18H16BrN3O3S. The van der Waals surface area contributed by atoms with Crippen LogP contribution >= 0.6 is 28.1 Å². The lowest BCUT2D eigenvalue weighted by Gasteiger charge is -2.16. The molecule has 1 atom stereocenters. The molecule has 134 valence electrons. The molecule has 3 N–H and O–H groups in total. The number of fused-ring (bicyclic) bond motifs is 1. The van der Waals surface area contributed by atoms with Crippen molar-refractivity contribution in [2.24, 2.45) is 0 Å². The summed E-state index contributed by atoms with van der Waals surface area (Å²) in [5.41, 5.74) is 1.61. The fraction of sp³-hybridized carbons (Fsp3) is 0.167. The standard InChI is InChI=1S/C18H16BrN3O3S/c1-9(10-4-6-15(25-2)13(19)7-10)20-16(23)11-3-5-12-14(8-11)21-18(26)22-17(12)24/h3-9H,1-2H3,(H,20,23)(H2,21,22,24,26)/t9-/m1/s1. The van der Waals surface area contributed by atoms with Crippen molar-refractivity contribution in [2.75, 3.05) is 7.11 Å². The molecule has 3 rings (SSSR count). The fourth-order valence-electron chi connectivity index (χ4n) is 2.63. The van der Waals surface area contributed by atoms with E-state index in [0.717, 1.165) is 15.8 Å². The zero-order valence-corrected chi connectivity index (χ0v) is 16.5. The molecule has 8 heteroatoms. The van der Waals surface area contributed by atoms with Crippen LogP contribution in [0.1, 0.15) is 28.9 Å². The largest absolute Gasteiger partial charge is 0.496 e. The lowest BCUT2D eigenvalue weighted by molar-refractivity contribution is 0.0940. The summed E-state index contributed by atoms with van der Waals surface area (Å²) >= 11 is 8.42. The van der Waals surface area contributed by atoms with Gasteiger partial charge in [-0.05, 0) is 71.0 Å². The second kappa shape index (κ2) is 7.43. The highest BCUT2D eigenvalue weighted by Crippen LogP contribution is 2.28. The van der Waals surface area contributed by atoms with Gasteiger partial charge in [-0.3, -0.25) is 14.6 Å². The monoisotopic (exact) mass is 433 g/mol. The van der Waals surface area contributed by atoms with Crippen LogP contribution < -0.4 is 15.6 Å². The van der Waals surface area contributed by atoms with Crippen LogP contribution in [0.5, 0.6) is 5.75 Å². The van der Waals surface area contributed by atoms with Gasteiger partial charge in [0.1, 0.15) is 5.75 Å². The molecule has 0 aliphatic rings. The second-order valence-electron chi connectivity index (χ2n) is 5.76. The normalized spacial score (nSPS) is 12.0. The Labute approximate surface area is 162 Å². The maximum atomic E-state index is 12.6. The van der Waals surface area contributed by atoms with Crippen LogP contribution in [0, 0.1) is 4.77 Å². The number of aromatic nitrogens is 2. The van der Waals surface area contributed by atoms with Gasteiger partial charge in [-0.2, -0.15) is 0 Å². The summed E-state index contributed by atoms with van der Waals surface area (Å²) < 4.78 is 6.25. The Morgan fingerprint density at radius 1 is 1.23 bits per heavy atom. The second-order valence-corrected chi connectivity index (χ2v) is 7.02. The van der Waals surface area contributed by atoms with Crippen molar-refractivity contribution in [3.05, 3.63) is 67.1 Å². The Kier molecular flexibility index (Phi) is 5.24. The van der Waals surface area contributed by atoms with E-state index >= 15 is 0 Å². The molecule has 3 aromatic rings. The van der Waals surface area contributed by atoms with E-state index in [1.54, 1.807) is 25.3 Å². The molecule has 0 aliphatic heterocycles. The molecule has 0 spiro atoms. The van der Waals surface area contributed by atoms with Crippen LogP contribution in [0.2, 0.25) is 0 Å². The number of hydrogen-bond acceptors (Lipinski definition) is 4. The van der Waals surface area contributed by atoms with Crippen LogP contribution in [0.15, 0.2) is 45.7 Å². The molecule has 26 heavy (non-hydrogen) atoms. The summed E-state index contributed by atoms with van der Waals surface area (Å²) in [6.07, 6.45) is 0. The van der Waals surface area contributed by atoms with E-state index in [4.69, 9.17) is 17.0 Å². The minimum atomic E-state index is -0.285. The lowest BCUT2D eigenvalue weighted by Crippen LogP contribution is -2.26. The predicted molar refractivity (Wildman–Crippen MR) is 106 cm³/mol. The number of carbonyl (C=O) groups is 1. The van der Waals surface area contributed by atoms with E-state index < -0.39 is 0 Å². The Balaban J connectivity index is 1.85. The van der Waals surface area contributed by atoms with Crippen molar-refractivity contribution in [1.29, 1.82) is 0 Å². The smallest absolute Gasteiger partial charge is 0.259 e. The zero-order valence-electron chi connectivity index (χ0n) is 14.1. The molecule has 1 heterocycles. The summed E-state index contributed by atoms with van der Waals surface area (Å²) in [6, 6.07) is 10.3. The molecule has 0 radical (unpaired) electrons. The van der Waals surface area contributed by atoms with Crippen molar-refractivity contribution in [1.82, 2.24) is 15.3 Å². The molecule has 0 unspecified atom stereocenters. The lowest BCUT2D eigenvalue weighted by atomic mass is 10.1. The first kappa shape index (κ1) is 18.3. The maximum absolute atomic E-state index is 12.6. The number of carbonyl (C=O) groups excluding carboxylic acids is 1. The van der Waals surface area contributed by atoms with Crippen LogP contribution in [-0.4, -0.2) is 23.0 Å². The number of H-pyrrole nitrogens is 2. The Morgan fingerprint density at radius 3 is 2.69 bits per heavy atom. The Hall–Kier alpha value is -2.45. The number of aromatic amines is 2. The van der Waals surface area contributed by atoms with E-state index in [1.807, 2.05) is 25.1 Å². The van der Waals surface area contributed by atoms with Crippen molar-refractivity contribution < 1.29 is 9.53 Å². The first-order valence-corrected chi connectivity index (χ1v) is 9.00. The minimum absolute atomic E-state index is 0.210. The summed E-state index contributed by atoms with van der Waals surface area (Å²) in [5, 5.41) is 3.39. The number of methoxy groups -OCH3 is 1. The number of amides is 1. The molecule has 1 amide bonds. The molecule has 0 aliphatic carbocycles. The van der Waals surface area contributed by atoms with Gasteiger partial charge >= 0.3 is 0 Å². The third-order valence-electron chi connectivity index (χ3n) is 4.03. The van der Waals surface area contributed by atoms with Gasteiger partial charge in [-0.1, -0.05) is 6.07 Å². The number of ether oxygens (including phenoxy) is 1. The van der Waals surface area contributed by atoms with Gasteiger partial charge in [0, 0.05) is 5.56 Å². The first-order valence-electron chi connectivity index (χ1n) is 7.79. The average molecular weight is 434 g/mol. The van der Waals surface area contributed by atoms with Crippen molar-refractivity contribution in [3.63, 3.8) is 0 Å². The van der Waals surface area contributed by atoms with Gasteiger partial charge in [0.25, 0.3) is 11.5 Å². The molecule has 0 saturated heterocycles. The minimum Gasteiger partial charge on any atom is -0.496 e. The number of nitrogens with one attached hydrogen (secondary N) is 3. The highest BCUT2D eigenvalue weighted by Gasteiger charge is 2.14. The summed E-state index contributed by atoms with van der Waals surface area (Å²) in [6.45, 7) is 1.89. The number of benzene rings is 2. The third kappa shape index (κ3) is 3.71. The van der Waals surface area contributed by atoms with Gasteiger partial charge in [0.15, 0.2) is 4.77 Å². The van der Waals surface area contributed by atoms with Gasteiger partial charge in [-0.15, -0.1) is 0 Å². The molecule has 6 nitrogen and oxygen atoms in total. The van der Waals surface area contributed by atoms with E-state index in [2.05, 4.69) is 31.2 Å². The van der Waals surface area contributed by atoms with Crippen LogP contribution in [0.25, 0.3) is 10.9 Å². The van der Waals surface area contributed by atoms with Gasteiger partial charge in [0.2, 0.25) is 0 Å². The summed E-state index contributed by atoms with van der Waals surface area (Å²) in [4.78, 5) is 29.9. The first-order chi connectivity index (χ1) is 12.4. The molecule has 2 aromatic carbocycles. The van der Waals surface area contributed by atoms with Crippen molar-refractivity contribution in [2.45, 2.75) is 13.0 Å². The molecule has 0 saturated carbocycles. The molecule has 0 fully saturated rings. The highest BCUT2D eigenvalue weighted by molar-refractivity contribution is 9.10. The third-order valence-corrected chi connectivity index (χ3v) is 4.85. The Bertz CT molecular complexity index is 1110. The van der Waals surface area contributed by atoms with Gasteiger partial charge < -0.3 is 15.0 Å². The number of hydrogen-bond donors (Lipinski definition) is 3. The Morgan fingerprint density at radius 2 is 2.00 bits per heavy atom. The SMILES string of the molecule is COc1ccc([C@@H](C)NC(=O)c2ccc3c(=O)[nH]c(=S)[nH]c3c2)cc1Br. The van der Waals surface area contributed by atoms with E-state index in [0.29, 0.717) is 16.5 Å². The van der Waals surface area contributed by atoms with E-state index in [9.17, 15) is 9.59 Å².